The molecule has 0 radical (unpaired) electrons. The van der Waals surface area contributed by atoms with Gasteiger partial charge >= 0.3 is 5.97 Å². The van der Waals surface area contributed by atoms with Crippen LogP contribution in [0.15, 0.2) is 28.5 Å². The van der Waals surface area contributed by atoms with Gasteiger partial charge in [0.1, 0.15) is 22.1 Å². The van der Waals surface area contributed by atoms with Crippen LogP contribution in [0, 0.1) is 0 Å². The number of benzene rings is 1. The van der Waals surface area contributed by atoms with Crippen LogP contribution in [-0.4, -0.2) is 44.3 Å². The lowest BCUT2D eigenvalue weighted by atomic mass is 10.1. The molecule has 1 atom stereocenters. The second-order valence-corrected chi connectivity index (χ2v) is 10.2. The van der Waals surface area contributed by atoms with Gasteiger partial charge in [-0.3, -0.25) is 14.8 Å². The molecular weight excluding hydrogens is 525 g/mol. The molecule has 0 bridgehead atoms. The average molecular weight is 545 g/mol. The first-order valence-electron chi connectivity index (χ1n) is 8.95. The van der Waals surface area contributed by atoms with E-state index < -0.39 is 34.2 Å². The third-order valence-corrected chi connectivity index (χ3v) is 7.50. The van der Waals surface area contributed by atoms with E-state index in [1.807, 2.05) is 0 Å². The Morgan fingerprint density at radius 1 is 1.12 bits per heavy atom. The minimum Gasteiger partial charge on any atom is -0.480 e. The summed E-state index contributed by atoms with van der Waals surface area (Å²) in [7, 11) is -4.23. The largest absolute Gasteiger partial charge is 0.480 e. The first kappa shape index (κ1) is 26.6. The Hall–Kier alpha value is -1.64. The molecule has 0 aliphatic carbocycles. The average Bonchev–Trinajstić information content (AvgIpc) is 3.13. The van der Waals surface area contributed by atoms with Crippen LogP contribution < -0.4 is 26.8 Å². The fraction of sp³-hybridized carbons (Fsp3) is 0.294. The summed E-state index contributed by atoms with van der Waals surface area (Å²) in [4.78, 5) is 23.8. The van der Waals surface area contributed by atoms with Crippen molar-refractivity contribution >= 4 is 73.7 Å². The Balaban J connectivity index is 2.16. The van der Waals surface area contributed by atoms with E-state index in [1.54, 1.807) is 0 Å². The summed E-state index contributed by atoms with van der Waals surface area (Å²) in [6.45, 7) is 0.353. The zero-order valence-electron chi connectivity index (χ0n) is 16.3. The van der Waals surface area contributed by atoms with Crippen LogP contribution >= 0.6 is 46.1 Å². The standard InChI is InChI=1S/C17H20Cl3N5O5S2/c18-8-6-10(20)13(7-9(8)19)32(29,30)25-11-3-5-31-14(11)15(26)24-12(16(27)28)2-1-4-23-17(21)22/h3,5-7,12,17,23,25H,1-2,4,21-22H2,(H,24,26)(H,27,28)/t12-/m0/s1. The number of hydrogen-bond donors (Lipinski definition) is 6. The van der Waals surface area contributed by atoms with Crippen molar-refractivity contribution in [3.8, 4) is 0 Å². The SMILES string of the molecule is NC(N)NCCC[C@H](NC(=O)c1sccc1NS(=O)(=O)c1cc(Cl)c(Cl)cc1Cl)C(=O)O. The highest BCUT2D eigenvalue weighted by Crippen LogP contribution is 2.33. The Morgan fingerprint density at radius 3 is 2.41 bits per heavy atom. The molecule has 32 heavy (non-hydrogen) atoms. The van der Waals surface area contributed by atoms with Crippen LogP contribution in [0.25, 0.3) is 0 Å². The molecule has 0 saturated heterocycles. The van der Waals surface area contributed by atoms with Crippen molar-refractivity contribution in [3.05, 3.63) is 43.5 Å². The summed E-state index contributed by atoms with van der Waals surface area (Å²) < 4.78 is 27.8. The number of nitrogens with one attached hydrogen (secondary N) is 3. The highest BCUT2D eigenvalue weighted by atomic mass is 35.5. The Labute approximate surface area is 203 Å². The molecule has 0 unspecified atom stereocenters. The van der Waals surface area contributed by atoms with Crippen LogP contribution in [0.5, 0.6) is 0 Å². The molecule has 0 spiro atoms. The molecule has 1 amide bonds. The van der Waals surface area contributed by atoms with E-state index in [9.17, 15) is 23.1 Å². The molecule has 0 fully saturated rings. The molecular formula is C17H20Cl3N5O5S2. The second-order valence-electron chi connectivity index (χ2n) is 6.45. The van der Waals surface area contributed by atoms with Crippen LogP contribution in [-0.2, 0) is 14.8 Å². The zero-order chi connectivity index (χ0) is 24.1. The molecule has 176 valence electrons. The Bertz CT molecular complexity index is 1090. The van der Waals surface area contributed by atoms with E-state index >= 15 is 0 Å². The summed E-state index contributed by atoms with van der Waals surface area (Å²) in [5.41, 5.74) is 10.7. The molecule has 2 aromatic rings. The molecule has 0 aliphatic heterocycles. The quantitative estimate of drug-likeness (QED) is 0.142. The van der Waals surface area contributed by atoms with Crippen molar-refractivity contribution in [2.24, 2.45) is 11.5 Å². The Morgan fingerprint density at radius 2 is 1.78 bits per heavy atom. The number of carboxylic acid groups (broad SMARTS) is 1. The van der Waals surface area contributed by atoms with Crippen molar-refractivity contribution in [2.75, 3.05) is 11.3 Å². The minimum atomic E-state index is -4.23. The molecule has 0 saturated carbocycles. The van der Waals surface area contributed by atoms with Crippen LogP contribution in [0.2, 0.25) is 15.1 Å². The van der Waals surface area contributed by atoms with Gasteiger partial charge < -0.3 is 21.9 Å². The summed E-state index contributed by atoms with van der Waals surface area (Å²) in [6, 6.07) is 2.44. The lowest BCUT2D eigenvalue weighted by Gasteiger charge is -2.16. The number of rotatable bonds is 11. The number of nitrogens with two attached hydrogens (primary N) is 2. The van der Waals surface area contributed by atoms with Crippen molar-refractivity contribution in [3.63, 3.8) is 0 Å². The van der Waals surface area contributed by atoms with Gasteiger partial charge in [0.15, 0.2) is 0 Å². The van der Waals surface area contributed by atoms with Crippen LogP contribution in [0.4, 0.5) is 5.69 Å². The third kappa shape index (κ3) is 7.18. The second kappa shape index (κ2) is 11.5. The summed E-state index contributed by atoms with van der Waals surface area (Å²) in [5.74, 6) is -1.99. The molecule has 1 aromatic heterocycles. The molecule has 1 aromatic carbocycles. The molecule has 10 nitrogen and oxygen atoms in total. The van der Waals surface area contributed by atoms with Gasteiger partial charge in [-0.25, -0.2) is 13.2 Å². The first-order valence-corrected chi connectivity index (χ1v) is 12.4. The van der Waals surface area contributed by atoms with E-state index in [0.717, 1.165) is 17.4 Å². The summed E-state index contributed by atoms with van der Waals surface area (Å²) >= 11 is 18.6. The number of amides is 1. The number of carbonyl (C=O) groups excluding carboxylic acids is 1. The van der Waals surface area contributed by atoms with Gasteiger partial charge in [0, 0.05) is 0 Å². The Kier molecular flexibility index (Phi) is 9.54. The maximum absolute atomic E-state index is 12.8. The van der Waals surface area contributed by atoms with Crippen molar-refractivity contribution in [1.82, 2.24) is 10.6 Å². The predicted molar refractivity (Wildman–Crippen MR) is 125 cm³/mol. The molecule has 0 aliphatic rings. The maximum Gasteiger partial charge on any atom is 0.326 e. The number of aliphatic carboxylic acids is 1. The normalized spacial score (nSPS) is 12.6. The van der Waals surface area contributed by atoms with Gasteiger partial charge in [-0.05, 0) is 43.0 Å². The van der Waals surface area contributed by atoms with Crippen molar-refractivity contribution in [1.29, 1.82) is 0 Å². The van der Waals surface area contributed by atoms with Gasteiger partial charge in [0.2, 0.25) is 0 Å². The topological polar surface area (TPSA) is 177 Å². The number of anilines is 1. The summed E-state index contributed by atoms with van der Waals surface area (Å²) in [5, 5.41) is 15.9. The molecule has 8 N–H and O–H groups in total. The highest BCUT2D eigenvalue weighted by Gasteiger charge is 2.26. The lowest BCUT2D eigenvalue weighted by Crippen LogP contribution is -2.46. The van der Waals surface area contributed by atoms with Crippen LogP contribution in [0.1, 0.15) is 22.5 Å². The third-order valence-electron chi connectivity index (χ3n) is 4.03. The maximum atomic E-state index is 12.8. The van der Waals surface area contributed by atoms with Crippen molar-refractivity contribution < 1.29 is 23.1 Å². The first-order chi connectivity index (χ1) is 14.9. The number of carboxylic acids is 1. The van der Waals surface area contributed by atoms with Gasteiger partial charge in [-0.15, -0.1) is 11.3 Å². The van der Waals surface area contributed by atoms with E-state index in [2.05, 4.69) is 15.4 Å². The monoisotopic (exact) mass is 543 g/mol. The van der Waals surface area contributed by atoms with Gasteiger partial charge in [-0.1, -0.05) is 34.8 Å². The number of thiophene rings is 1. The fourth-order valence-electron chi connectivity index (χ4n) is 2.53. The zero-order valence-corrected chi connectivity index (χ0v) is 20.2. The van der Waals surface area contributed by atoms with Gasteiger partial charge in [0.25, 0.3) is 15.9 Å². The number of sulfonamides is 1. The van der Waals surface area contributed by atoms with Crippen LogP contribution in [0.3, 0.4) is 0 Å². The predicted octanol–water partition coefficient (Wildman–Crippen LogP) is 2.26. The van der Waals surface area contributed by atoms with E-state index in [0.29, 0.717) is 13.0 Å². The fourth-order valence-corrected chi connectivity index (χ4v) is 5.42. The number of halogens is 3. The van der Waals surface area contributed by atoms with Gasteiger partial charge in [0.05, 0.1) is 20.8 Å². The number of carbonyl (C=O) groups is 2. The molecule has 1 heterocycles. The lowest BCUT2D eigenvalue weighted by molar-refractivity contribution is -0.139. The van der Waals surface area contributed by atoms with E-state index in [1.165, 1.54) is 17.5 Å². The molecule has 2 rings (SSSR count). The van der Waals surface area contributed by atoms with Crippen molar-refractivity contribution in [2.45, 2.75) is 30.1 Å². The van der Waals surface area contributed by atoms with E-state index in [-0.39, 0.29) is 36.9 Å². The highest BCUT2D eigenvalue weighted by molar-refractivity contribution is 7.92. The van der Waals surface area contributed by atoms with Gasteiger partial charge in [-0.2, -0.15) is 0 Å². The smallest absolute Gasteiger partial charge is 0.326 e. The number of hydrogen-bond acceptors (Lipinski definition) is 8. The van der Waals surface area contributed by atoms with E-state index in [4.69, 9.17) is 46.3 Å². The minimum absolute atomic E-state index is 0.0193. The molecule has 15 heteroatoms. The summed E-state index contributed by atoms with van der Waals surface area (Å²) in [6.07, 6.45) is -0.257.